The zero-order valence-electron chi connectivity index (χ0n) is 23.6. The topological polar surface area (TPSA) is 121 Å². The van der Waals surface area contributed by atoms with Crippen molar-refractivity contribution in [2.75, 3.05) is 39.0 Å². The van der Waals surface area contributed by atoms with E-state index in [1.54, 1.807) is 0 Å². The number of carbonyl (C=O) groups excluding carboxylic acids is 2. The van der Waals surface area contributed by atoms with Gasteiger partial charge in [-0.2, -0.15) is 0 Å². The Hall–Kier alpha value is -2.79. The summed E-state index contributed by atoms with van der Waals surface area (Å²) in [5.41, 5.74) is 6.53. The number of amides is 2. The first-order valence-electron chi connectivity index (χ1n) is 15.1. The van der Waals surface area contributed by atoms with Crippen molar-refractivity contribution in [3.63, 3.8) is 0 Å². The van der Waals surface area contributed by atoms with Gasteiger partial charge in [0.05, 0.1) is 18.4 Å². The molecule has 4 N–H and O–H groups in total. The van der Waals surface area contributed by atoms with Crippen molar-refractivity contribution < 1.29 is 14.0 Å². The van der Waals surface area contributed by atoms with Crippen LogP contribution in [0.5, 0.6) is 0 Å². The van der Waals surface area contributed by atoms with Crippen LogP contribution >= 0.6 is 0 Å². The van der Waals surface area contributed by atoms with Gasteiger partial charge in [-0.1, -0.05) is 38.5 Å². The molecule has 2 aromatic heterocycles. The Labute approximate surface area is 235 Å². The number of rotatable bonds is 3. The Balaban J connectivity index is 1.29. The number of hydrogen-bond acceptors (Lipinski definition) is 7. The maximum Gasteiger partial charge on any atom is 0.259 e. The van der Waals surface area contributed by atoms with Crippen LogP contribution in [0.2, 0.25) is 0 Å². The third-order valence-electron chi connectivity index (χ3n) is 10.2. The summed E-state index contributed by atoms with van der Waals surface area (Å²) >= 11 is 0. The minimum Gasteiger partial charge on any atom is -0.381 e. The first-order valence-corrected chi connectivity index (χ1v) is 15.1. The Morgan fingerprint density at radius 1 is 1.12 bits per heavy atom. The van der Waals surface area contributed by atoms with Crippen LogP contribution in [0.3, 0.4) is 0 Å². The molecule has 218 valence electrons. The Kier molecular flexibility index (Phi) is 7.45. The van der Waals surface area contributed by atoms with E-state index < -0.39 is 5.82 Å². The standard InChI is InChI=1S/C29H43FN8O2/c1-36-19-28(16-22(36)39)11-14-37(15-12-28)21-8-13-33-29(9-6-4-2-3-5-7-10-29)24(21)34-27(40)23-25(31)35-38-18-20(30)17-32-26(23)38/h17-18,21,24,33H,2-16,19H2,1H3,(H2,31,35)(H,34,40). The lowest BCUT2D eigenvalue weighted by molar-refractivity contribution is -0.126. The van der Waals surface area contributed by atoms with E-state index >= 15 is 0 Å². The van der Waals surface area contributed by atoms with Crippen molar-refractivity contribution in [1.82, 2.24) is 35.0 Å². The molecule has 0 radical (unpaired) electrons. The molecule has 10 nitrogen and oxygen atoms in total. The monoisotopic (exact) mass is 554 g/mol. The highest BCUT2D eigenvalue weighted by Gasteiger charge is 2.50. The SMILES string of the molecule is CN1CC2(CCN(C3CCNC4(CCCCCCCC4)C3NC(=O)c3c(N)nn4cc(F)cnc34)CC2)CC1=O. The molecule has 1 saturated carbocycles. The summed E-state index contributed by atoms with van der Waals surface area (Å²) in [6, 6.07) is 0.0511. The van der Waals surface area contributed by atoms with E-state index in [1.807, 2.05) is 11.9 Å². The van der Waals surface area contributed by atoms with Gasteiger partial charge in [0.25, 0.3) is 5.91 Å². The van der Waals surface area contributed by atoms with Crippen LogP contribution < -0.4 is 16.4 Å². The number of piperidine rings is 2. The summed E-state index contributed by atoms with van der Waals surface area (Å²) < 4.78 is 15.1. The highest BCUT2D eigenvalue weighted by Crippen LogP contribution is 2.43. The molecular weight excluding hydrogens is 511 g/mol. The summed E-state index contributed by atoms with van der Waals surface area (Å²) in [5, 5.41) is 11.5. The molecule has 5 heterocycles. The molecule has 4 fully saturated rings. The molecule has 3 saturated heterocycles. The first-order chi connectivity index (χ1) is 19.3. The molecule has 1 aliphatic carbocycles. The van der Waals surface area contributed by atoms with Crippen LogP contribution in [0.15, 0.2) is 12.4 Å². The Morgan fingerprint density at radius 2 is 1.82 bits per heavy atom. The fraction of sp³-hybridized carbons (Fsp3) is 0.724. The lowest BCUT2D eigenvalue weighted by Gasteiger charge is -2.54. The molecule has 2 amide bonds. The Morgan fingerprint density at radius 3 is 2.50 bits per heavy atom. The van der Waals surface area contributed by atoms with E-state index in [2.05, 4.69) is 25.6 Å². The van der Waals surface area contributed by atoms with Gasteiger partial charge >= 0.3 is 0 Å². The van der Waals surface area contributed by atoms with E-state index in [1.165, 1.54) is 36.4 Å². The molecular formula is C29H43FN8O2. The van der Waals surface area contributed by atoms with Crippen molar-refractivity contribution in [3.8, 4) is 0 Å². The van der Waals surface area contributed by atoms with Gasteiger partial charge < -0.3 is 21.3 Å². The zero-order chi connectivity index (χ0) is 27.9. The lowest BCUT2D eigenvalue weighted by Crippen LogP contribution is -2.72. The highest BCUT2D eigenvalue weighted by molar-refractivity contribution is 6.04. The van der Waals surface area contributed by atoms with E-state index in [-0.39, 0.29) is 51.9 Å². The molecule has 0 bridgehead atoms. The van der Waals surface area contributed by atoms with Gasteiger partial charge in [0, 0.05) is 31.6 Å². The Bertz CT molecular complexity index is 1250. The fourth-order valence-corrected chi connectivity index (χ4v) is 8.07. The van der Waals surface area contributed by atoms with Crippen molar-refractivity contribution in [2.45, 2.75) is 94.7 Å². The average Bonchev–Trinajstić information content (AvgIpc) is 3.44. The average molecular weight is 555 g/mol. The van der Waals surface area contributed by atoms with Crippen LogP contribution in [0.4, 0.5) is 10.2 Å². The smallest absolute Gasteiger partial charge is 0.259 e. The maximum atomic E-state index is 14.0. The second kappa shape index (κ2) is 10.9. The summed E-state index contributed by atoms with van der Waals surface area (Å²) in [7, 11) is 1.91. The molecule has 3 aliphatic heterocycles. The largest absolute Gasteiger partial charge is 0.381 e. The predicted octanol–water partition coefficient (Wildman–Crippen LogP) is 2.73. The number of nitrogens with zero attached hydrogens (tertiary/aromatic N) is 5. The number of likely N-dealkylation sites (tertiary alicyclic amines) is 2. The van der Waals surface area contributed by atoms with Crippen LogP contribution in [-0.2, 0) is 4.79 Å². The molecule has 4 aliphatic rings. The number of fused-ring (bicyclic) bond motifs is 1. The number of nitrogens with two attached hydrogens (primary N) is 1. The fourth-order valence-electron chi connectivity index (χ4n) is 8.07. The van der Waals surface area contributed by atoms with Gasteiger partial charge in [-0.3, -0.25) is 14.5 Å². The minimum absolute atomic E-state index is 0.0503. The van der Waals surface area contributed by atoms with E-state index in [4.69, 9.17) is 5.73 Å². The number of halogens is 1. The first kappa shape index (κ1) is 27.4. The second-order valence-corrected chi connectivity index (χ2v) is 12.8. The zero-order valence-corrected chi connectivity index (χ0v) is 23.6. The van der Waals surface area contributed by atoms with Gasteiger partial charge in [-0.25, -0.2) is 13.9 Å². The van der Waals surface area contributed by atoms with Crippen LogP contribution in [0.1, 0.15) is 87.4 Å². The number of aromatic nitrogens is 3. The molecule has 0 aromatic carbocycles. The summed E-state index contributed by atoms with van der Waals surface area (Å²) in [4.78, 5) is 34.9. The van der Waals surface area contributed by atoms with Gasteiger partial charge in [-0.05, 0) is 57.2 Å². The van der Waals surface area contributed by atoms with Gasteiger partial charge in [-0.15, -0.1) is 5.10 Å². The minimum atomic E-state index is -0.541. The van der Waals surface area contributed by atoms with Crippen molar-refractivity contribution in [2.24, 2.45) is 5.41 Å². The van der Waals surface area contributed by atoms with E-state index in [0.29, 0.717) is 6.42 Å². The van der Waals surface area contributed by atoms with Crippen LogP contribution in [-0.4, -0.2) is 87.1 Å². The quantitative estimate of drug-likeness (QED) is 0.534. The third-order valence-corrected chi connectivity index (χ3v) is 10.2. The van der Waals surface area contributed by atoms with Gasteiger partial charge in [0.2, 0.25) is 5.91 Å². The number of anilines is 1. The second-order valence-electron chi connectivity index (χ2n) is 12.8. The summed E-state index contributed by atoms with van der Waals surface area (Å²) in [6.45, 7) is 3.61. The molecule has 40 heavy (non-hydrogen) atoms. The molecule has 2 spiro atoms. The lowest BCUT2D eigenvalue weighted by atomic mass is 9.72. The van der Waals surface area contributed by atoms with Crippen LogP contribution in [0.25, 0.3) is 5.65 Å². The number of hydrogen-bond donors (Lipinski definition) is 3. The number of carbonyl (C=O) groups is 2. The van der Waals surface area contributed by atoms with Crippen molar-refractivity contribution >= 4 is 23.3 Å². The summed E-state index contributed by atoms with van der Waals surface area (Å²) in [6.07, 6.45) is 15.1. The molecule has 2 atom stereocenters. The summed E-state index contributed by atoms with van der Waals surface area (Å²) in [5.74, 6) is -0.541. The maximum absolute atomic E-state index is 14.0. The molecule has 2 aromatic rings. The van der Waals surface area contributed by atoms with Crippen LogP contribution in [0, 0.1) is 11.2 Å². The van der Waals surface area contributed by atoms with Crippen molar-refractivity contribution in [3.05, 3.63) is 23.8 Å². The molecule has 6 rings (SSSR count). The predicted molar refractivity (Wildman–Crippen MR) is 150 cm³/mol. The molecule has 11 heteroatoms. The number of nitrogen functional groups attached to an aromatic ring is 1. The van der Waals surface area contributed by atoms with Gasteiger partial charge in [0.1, 0.15) is 5.56 Å². The van der Waals surface area contributed by atoms with Crippen molar-refractivity contribution in [1.29, 1.82) is 0 Å². The van der Waals surface area contributed by atoms with E-state index in [0.717, 1.165) is 77.3 Å². The third kappa shape index (κ3) is 5.06. The molecule has 2 unspecified atom stereocenters. The number of nitrogens with one attached hydrogen (secondary N) is 2. The van der Waals surface area contributed by atoms with Gasteiger partial charge in [0.15, 0.2) is 17.3 Å². The highest BCUT2D eigenvalue weighted by atomic mass is 19.1. The normalized spacial score (nSPS) is 27.6. The van der Waals surface area contributed by atoms with E-state index in [9.17, 15) is 14.0 Å².